The molecule has 0 aliphatic carbocycles. The predicted molar refractivity (Wildman–Crippen MR) is 124 cm³/mol. The van der Waals surface area contributed by atoms with Crippen LogP contribution in [0.15, 0.2) is 65.7 Å². The van der Waals surface area contributed by atoms with E-state index in [9.17, 15) is 17.6 Å². The Morgan fingerprint density at radius 3 is 2.59 bits per heavy atom. The minimum Gasteiger partial charge on any atom is -0.469 e. The smallest absolute Gasteiger partial charge is 0.309 e. The predicted octanol–water partition coefficient (Wildman–Crippen LogP) is 5.08. The summed E-state index contributed by atoms with van der Waals surface area (Å²) in [6.45, 7) is 5.70. The Hall–Kier alpha value is -2.90. The third-order valence-corrected chi connectivity index (χ3v) is 7.18. The number of allylic oxidation sites excluding steroid dienone is 1. The molecule has 0 bridgehead atoms. The Morgan fingerprint density at radius 2 is 1.91 bits per heavy atom. The number of ether oxygens (including phenoxy) is 1. The van der Waals surface area contributed by atoms with E-state index in [1.54, 1.807) is 18.2 Å². The van der Waals surface area contributed by atoms with Crippen LogP contribution in [0.1, 0.15) is 23.1 Å². The molecular formula is C24H23ClFNO4S. The van der Waals surface area contributed by atoms with E-state index in [2.05, 4.69) is 11.3 Å². The highest BCUT2D eigenvalue weighted by Crippen LogP contribution is 2.29. The van der Waals surface area contributed by atoms with Crippen LogP contribution in [0.25, 0.3) is 10.8 Å². The minimum atomic E-state index is -3.88. The fourth-order valence-corrected chi connectivity index (χ4v) is 5.19. The van der Waals surface area contributed by atoms with Crippen molar-refractivity contribution in [2.75, 3.05) is 7.11 Å². The van der Waals surface area contributed by atoms with Crippen molar-refractivity contribution in [2.24, 2.45) is 0 Å². The summed E-state index contributed by atoms with van der Waals surface area (Å²) in [6.07, 6.45) is 0.755. The number of hydrogen-bond acceptors (Lipinski definition) is 4. The zero-order valence-corrected chi connectivity index (χ0v) is 19.3. The van der Waals surface area contributed by atoms with Gasteiger partial charge in [-0.2, -0.15) is 0 Å². The Morgan fingerprint density at radius 1 is 1.19 bits per heavy atom. The largest absolute Gasteiger partial charge is 0.469 e. The lowest BCUT2D eigenvalue weighted by atomic mass is 9.90. The monoisotopic (exact) mass is 475 g/mol. The van der Waals surface area contributed by atoms with E-state index in [-0.39, 0.29) is 40.2 Å². The van der Waals surface area contributed by atoms with E-state index in [1.165, 1.54) is 31.4 Å². The summed E-state index contributed by atoms with van der Waals surface area (Å²) in [7, 11) is -2.56. The number of esters is 1. The first-order chi connectivity index (χ1) is 15.1. The van der Waals surface area contributed by atoms with Crippen LogP contribution in [0, 0.1) is 12.7 Å². The standard InChI is InChI=1S/C24H23ClFNO4S/c1-15(27-32(29,30)23-7-5-4-6-22(23)25)8-11-20-16(2)18(13-24(28)31-3)12-17-9-10-19(26)14-21(17)20/h4-7,9-10,12,14,27H,1,8,11,13H2,2-3H3. The second-order valence-corrected chi connectivity index (χ2v) is 9.46. The average molecular weight is 476 g/mol. The van der Waals surface area contributed by atoms with Crippen molar-refractivity contribution in [2.45, 2.75) is 31.1 Å². The molecule has 0 atom stereocenters. The van der Waals surface area contributed by atoms with Gasteiger partial charge in [0.1, 0.15) is 10.7 Å². The van der Waals surface area contributed by atoms with Crippen molar-refractivity contribution in [3.05, 3.63) is 88.3 Å². The van der Waals surface area contributed by atoms with Gasteiger partial charge in [0.05, 0.1) is 18.6 Å². The van der Waals surface area contributed by atoms with Crippen LogP contribution in [-0.4, -0.2) is 21.5 Å². The zero-order chi connectivity index (χ0) is 23.5. The fraction of sp³-hybridized carbons (Fsp3) is 0.208. The van der Waals surface area contributed by atoms with Crippen LogP contribution in [0.2, 0.25) is 5.02 Å². The van der Waals surface area contributed by atoms with E-state index in [1.807, 2.05) is 13.0 Å². The summed E-state index contributed by atoms with van der Waals surface area (Å²) < 4.78 is 46.5. The van der Waals surface area contributed by atoms with E-state index >= 15 is 0 Å². The molecule has 0 aromatic heterocycles. The van der Waals surface area contributed by atoms with Gasteiger partial charge in [-0.05, 0) is 71.5 Å². The van der Waals surface area contributed by atoms with E-state index in [0.29, 0.717) is 11.8 Å². The SMILES string of the molecule is C=C(CCc1c(C)c(CC(=O)OC)cc2ccc(F)cc12)NS(=O)(=O)c1ccccc1Cl. The molecule has 0 saturated heterocycles. The van der Waals surface area contributed by atoms with Gasteiger partial charge >= 0.3 is 5.97 Å². The molecule has 5 nitrogen and oxygen atoms in total. The molecule has 0 heterocycles. The summed E-state index contributed by atoms with van der Waals surface area (Å²) in [4.78, 5) is 11.8. The topological polar surface area (TPSA) is 72.5 Å². The molecule has 0 radical (unpaired) electrons. The molecule has 32 heavy (non-hydrogen) atoms. The maximum absolute atomic E-state index is 14.0. The normalized spacial score (nSPS) is 11.4. The molecule has 3 aromatic rings. The number of aryl methyl sites for hydroxylation is 1. The van der Waals surface area contributed by atoms with Gasteiger partial charge in [-0.3, -0.25) is 9.52 Å². The number of nitrogens with one attached hydrogen (secondary N) is 1. The number of hydrogen-bond donors (Lipinski definition) is 1. The van der Waals surface area contributed by atoms with Gasteiger partial charge < -0.3 is 4.74 Å². The summed E-state index contributed by atoms with van der Waals surface area (Å²) in [6, 6.07) is 12.4. The summed E-state index contributed by atoms with van der Waals surface area (Å²) >= 11 is 6.01. The van der Waals surface area contributed by atoms with Crippen molar-refractivity contribution < 1.29 is 22.3 Å². The third-order valence-electron chi connectivity index (χ3n) is 5.25. The molecule has 0 unspecified atom stereocenters. The Bertz CT molecular complexity index is 1300. The molecule has 0 aliphatic rings. The highest BCUT2D eigenvalue weighted by molar-refractivity contribution is 7.89. The summed E-state index contributed by atoms with van der Waals surface area (Å²) in [5.74, 6) is -0.755. The van der Waals surface area contributed by atoms with Crippen molar-refractivity contribution in [3.63, 3.8) is 0 Å². The van der Waals surface area contributed by atoms with Crippen molar-refractivity contribution >= 4 is 38.4 Å². The van der Waals surface area contributed by atoms with Crippen LogP contribution in [-0.2, 0) is 32.4 Å². The van der Waals surface area contributed by atoms with Crippen LogP contribution < -0.4 is 4.72 Å². The van der Waals surface area contributed by atoms with Crippen molar-refractivity contribution in [1.29, 1.82) is 0 Å². The number of methoxy groups -OCH3 is 1. The fourth-order valence-electron chi connectivity index (χ4n) is 3.58. The van der Waals surface area contributed by atoms with E-state index in [0.717, 1.165) is 22.1 Å². The molecule has 1 N–H and O–H groups in total. The highest BCUT2D eigenvalue weighted by Gasteiger charge is 2.19. The Kier molecular flexibility index (Phi) is 7.21. The molecule has 0 aliphatic heterocycles. The molecule has 168 valence electrons. The minimum absolute atomic E-state index is 0.0356. The van der Waals surface area contributed by atoms with Gasteiger partial charge in [0, 0.05) is 5.70 Å². The van der Waals surface area contributed by atoms with Crippen LogP contribution in [0.5, 0.6) is 0 Å². The number of sulfonamides is 1. The first-order valence-corrected chi connectivity index (χ1v) is 11.7. The van der Waals surface area contributed by atoms with Crippen LogP contribution in [0.4, 0.5) is 4.39 Å². The molecule has 8 heteroatoms. The number of benzene rings is 3. The lowest BCUT2D eigenvalue weighted by molar-refractivity contribution is -0.139. The Labute approximate surface area is 191 Å². The van der Waals surface area contributed by atoms with Gasteiger partial charge in [0.25, 0.3) is 10.0 Å². The number of halogens is 2. The number of carbonyl (C=O) groups is 1. The second-order valence-electron chi connectivity index (χ2n) is 7.40. The van der Waals surface area contributed by atoms with Crippen LogP contribution >= 0.6 is 11.6 Å². The molecule has 0 fully saturated rings. The molecule has 0 spiro atoms. The van der Waals surface area contributed by atoms with Gasteiger partial charge in [-0.25, -0.2) is 12.8 Å². The average Bonchev–Trinajstić information content (AvgIpc) is 2.73. The summed E-state index contributed by atoms with van der Waals surface area (Å²) in [5, 5.41) is 1.60. The second kappa shape index (κ2) is 9.71. The lowest BCUT2D eigenvalue weighted by Crippen LogP contribution is -2.23. The first kappa shape index (κ1) is 23.8. The third kappa shape index (κ3) is 5.29. The molecule has 3 aromatic carbocycles. The quantitative estimate of drug-likeness (QED) is 0.461. The van der Waals surface area contributed by atoms with Gasteiger partial charge in [-0.15, -0.1) is 0 Å². The molecule has 0 amide bonds. The molecular weight excluding hydrogens is 453 g/mol. The Balaban J connectivity index is 1.88. The van der Waals surface area contributed by atoms with E-state index < -0.39 is 10.0 Å². The summed E-state index contributed by atoms with van der Waals surface area (Å²) in [5.41, 5.74) is 2.69. The lowest BCUT2D eigenvalue weighted by Gasteiger charge is -2.17. The van der Waals surface area contributed by atoms with Crippen molar-refractivity contribution in [1.82, 2.24) is 4.72 Å². The number of carbonyl (C=O) groups excluding carboxylic acids is 1. The first-order valence-electron chi connectivity index (χ1n) is 9.85. The van der Waals surface area contributed by atoms with E-state index in [4.69, 9.17) is 16.3 Å². The highest BCUT2D eigenvalue weighted by atomic mass is 35.5. The number of rotatable bonds is 8. The molecule has 0 saturated carbocycles. The van der Waals surface area contributed by atoms with Crippen LogP contribution in [0.3, 0.4) is 0 Å². The molecule has 3 rings (SSSR count). The van der Waals surface area contributed by atoms with Gasteiger partial charge in [0.2, 0.25) is 0 Å². The number of fused-ring (bicyclic) bond motifs is 1. The van der Waals surface area contributed by atoms with Gasteiger partial charge in [0.15, 0.2) is 0 Å². The zero-order valence-electron chi connectivity index (χ0n) is 17.7. The maximum atomic E-state index is 14.0. The van der Waals surface area contributed by atoms with Gasteiger partial charge in [-0.1, -0.05) is 42.4 Å². The van der Waals surface area contributed by atoms with Crippen molar-refractivity contribution in [3.8, 4) is 0 Å². The maximum Gasteiger partial charge on any atom is 0.309 e.